The van der Waals surface area contributed by atoms with Crippen molar-refractivity contribution in [1.29, 1.82) is 0 Å². The molecule has 118 valence electrons. The number of unbranched alkanes of at least 4 members (excludes halogenated alkanes) is 3. The molecule has 0 aliphatic carbocycles. The van der Waals surface area contributed by atoms with E-state index < -0.39 is 26.1 Å². The zero-order valence-corrected chi connectivity index (χ0v) is 18.2. The van der Waals surface area contributed by atoms with Crippen molar-refractivity contribution in [3.05, 3.63) is 0 Å². The van der Waals surface area contributed by atoms with Crippen molar-refractivity contribution >= 4 is 26.1 Å². The van der Waals surface area contributed by atoms with Crippen LogP contribution in [0.15, 0.2) is 10.3 Å². The van der Waals surface area contributed by atoms with Crippen molar-refractivity contribution in [1.82, 2.24) is 0 Å². The van der Waals surface area contributed by atoms with E-state index in [1.807, 2.05) is 0 Å². The third-order valence-electron chi connectivity index (χ3n) is 2.43. The fourth-order valence-electron chi connectivity index (χ4n) is 1.42. The minimum atomic E-state index is -5.03. The molecular weight excluding hydrogens is 360 g/mol. The van der Waals surface area contributed by atoms with Crippen LogP contribution in [0.2, 0.25) is 0 Å². The number of rotatable bonds is 9. The van der Waals surface area contributed by atoms with Gasteiger partial charge in [0.25, 0.3) is 0 Å². The van der Waals surface area contributed by atoms with Crippen LogP contribution in [0.3, 0.4) is 0 Å². The molecule has 0 saturated heterocycles. The quantitative estimate of drug-likeness (QED) is 0.0764. The van der Waals surface area contributed by atoms with Crippen molar-refractivity contribution in [2.75, 3.05) is 0 Å². The van der Waals surface area contributed by atoms with Crippen LogP contribution >= 0.6 is 15.2 Å². The van der Waals surface area contributed by atoms with Gasteiger partial charge in [0.1, 0.15) is 0 Å². The molecular formula is C8H16N2Na2O8P2. The first-order valence-corrected chi connectivity index (χ1v) is 8.79. The normalized spacial score (nSPS) is 13.3. The van der Waals surface area contributed by atoms with Crippen molar-refractivity contribution in [2.24, 2.45) is 10.3 Å². The third-order valence-corrected chi connectivity index (χ3v) is 4.36. The summed E-state index contributed by atoms with van der Waals surface area (Å²) < 4.78 is 21.4. The van der Waals surface area contributed by atoms with E-state index >= 15 is 0 Å². The maximum atomic E-state index is 10.8. The van der Waals surface area contributed by atoms with E-state index in [2.05, 4.69) is 10.3 Å². The summed E-state index contributed by atoms with van der Waals surface area (Å²) in [6, 6.07) is 0. The van der Waals surface area contributed by atoms with Gasteiger partial charge in [-0.25, -0.2) is 0 Å². The zero-order chi connectivity index (χ0) is 15.8. The number of nitrogens with zero attached hydrogens (tertiary/aromatic N) is 2. The zero-order valence-electron chi connectivity index (χ0n) is 12.5. The molecule has 0 aliphatic heterocycles. The number of hydrogen-bond donors (Lipinski definition) is 4. The summed E-state index contributed by atoms with van der Waals surface area (Å²) in [4.78, 5) is 38.6. The van der Waals surface area contributed by atoms with Crippen LogP contribution < -0.4 is 68.9 Å². The Hall–Kier alpha value is 1.24. The summed E-state index contributed by atoms with van der Waals surface area (Å²) in [6.07, 6.45) is 1.24. The molecule has 0 aromatic rings. The molecule has 0 spiro atoms. The van der Waals surface area contributed by atoms with Crippen LogP contribution in [-0.2, 0) is 9.13 Å². The smallest absolute Gasteiger partial charge is 0.806 e. The molecule has 0 heterocycles. The van der Waals surface area contributed by atoms with E-state index in [0.29, 0.717) is 19.3 Å². The molecule has 10 nitrogen and oxygen atoms in total. The second-order valence-electron chi connectivity index (χ2n) is 3.99. The first-order chi connectivity index (χ1) is 9.12. The van der Waals surface area contributed by atoms with Crippen LogP contribution in [-0.4, -0.2) is 31.1 Å². The van der Waals surface area contributed by atoms with E-state index in [0.717, 1.165) is 0 Å². The predicted molar refractivity (Wildman–Crippen MR) is 65.8 cm³/mol. The van der Waals surface area contributed by atoms with Gasteiger partial charge in [0, 0.05) is 6.42 Å². The summed E-state index contributed by atoms with van der Waals surface area (Å²) in [5, 5.41) is 21.7. The van der Waals surface area contributed by atoms with Crippen LogP contribution in [0.5, 0.6) is 0 Å². The van der Waals surface area contributed by atoms with Gasteiger partial charge in [-0.3, -0.25) is 4.57 Å². The van der Waals surface area contributed by atoms with Gasteiger partial charge >= 0.3 is 66.7 Å². The van der Waals surface area contributed by atoms with Crippen LogP contribution in [0.25, 0.3) is 0 Å². The van der Waals surface area contributed by atoms with Gasteiger partial charge in [-0.2, -0.15) is 0 Å². The molecule has 0 fully saturated rings. The van der Waals surface area contributed by atoms with E-state index in [4.69, 9.17) is 20.2 Å². The second-order valence-corrected chi connectivity index (χ2v) is 7.10. The predicted octanol–water partition coefficient (Wildman–Crippen LogP) is -6.00. The van der Waals surface area contributed by atoms with E-state index in [1.165, 1.54) is 0 Å². The average molecular weight is 376 g/mol. The molecule has 22 heavy (non-hydrogen) atoms. The molecule has 0 unspecified atom stereocenters. The van der Waals surface area contributed by atoms with E-state index in [-0.39, 0.29) is 78.4 Å². The van der Waals surface area contributed by atoms with E-state index in [1.54, 1.807) is 0 Å². The minimum absolute atomic E-state index is 0. The molecule has 14 heteroatoms. The standard InChI is InChI=1S/C8H18N2O8P2.2Na/c11-9-7(19(13,14)15)5-3-1-2-4-6-8(10-12)20(16,17)18;;/h11-12H,1-6H2,(H2,13,14,15)(H2,16,17,18);;/q;2*+1/p-2. The molecule has 0 amide bonds. The summed E-state index contributed by atoms with van der Waals surface area (Å²) in [7, 11) is -9.58. The Morgan fingerprint density at radius 1 is 0.818 bits per heavy atom. The number of hydrogen-bond acceptors (Lipinski definition) is 8. The second kappa shape index (κ2) is 13.5. The Kier molecular flexibility index (Phi) is 17.2. The molecule has 0 aromatic carbocycles. The average Bonchev–Trinajstić information content (AvgIpc) is 2.29. The van der Waals surface area contributed by atoms with Gasteiger partial charge in [-0.1, -0.05) is 23.2 Å². The van der Waals surface area contributed by atoms with Gasteiger partial charge in [-0.15, -0.1) is 0 Å². The first-order valence-electron chi connectivity index (χ1n) is 5.63. The van der Waals surface area contributed by atoms with Gasteiger partial charge in [0.15, 0.2) is 5.45 Å². The Morgan fingerprint density at radius 3 is 1.45 bits per heavy atom. The molecule has 0 atom stereocenters. The SMILES string of the molecule is O=P([O-])([O-])C(CCCCCCC(=NO)P(=O)(O)O)=NO.[Na+].[Na+]. The van der Waals surface area contributed by atoms with Crippen LogP contribution in [0, 0.1) is 0 Å². The van der Waals surface area contributed by atoms with Crippen molar-refractivity contribution < 1.29 is 98.2 Å². The Morgan fingerprint density at radius 2 is 1.18 bits per heavy atom. The fourth-order valence-corrected chi connectivity index (χ4v) is 2.52. The molecule has 0 saturated carbocycles. The van der Waals surface area contributed by atoms with Gasteiger partial charge in [-0.05, 0) is 26.9 Å². The largest absolute Gasteiger partial charge is 1.00 e. The minimum Gasteiger partial charge on any atom is -0.806 e. The van der Waals surface area contributed by atoms with Gasteiger partial charge in [0.2, 0.25) is 0 Å². The Bertz CT molecular complexity index is 419. The van der Waals surface area contributed by atoms with Crippen molar-refractivity contribution in [3.8, 4) is 0 Å². The van der Waals surface area contributed by atoms with Gasteiger partial charge in [0.05, 0.1) is 5.45 Å². The summed E-state index contributed by atoms with van der Waals surface area (Å²) in [5.74, 6) is 0. The Labute approximate surface area is 172 Å². The molecule has 0 aliphatic rings. The number of oxime groups is 2. The summed E-state index contributed by atoms with van der Waals surface area (Å²) in [6.45, 7) is 0. The van der Waals surface area contributed by atoms with Crippen molar-refractivity contribution in [3.63, 3.8) is 0 Å². The molecule has 0 rings (SSSR count). The fraction of sp³-hybridized carbons (Fsp3) is 0.750. The maximum absolute atomic E-state index is 10.8. The molecule has 0 radical (unpaired) electrons. The first kappa shape index (κ1) is 28.1. The molecule has 4 N–H and O–H groups in total. The molecule has 0 aromatic heterocycles. The monoisotopic (exact) mass is 376 g/mol. The topological polar surface area (TPSA) is 186 Å². The molecule has 0 bridgehead atoms. The van der Waals surface area contributed by atoms with Crippen molar-refractivity contribution in [2.45, 2.75) is 38.5 Å². The van der Waals surface area contributed by atoms with E-state index in [9.17, 15) is 18.9 Å². The Balaban J connectivity index is -0.00000180. The summed E-state index contributed by atoms with van der Waals surface area (Å²) >= 11 is 0. The van der Waals surface area contributed by atoms with Crippen LogP contribution in [0.1, 0.15) is 38.5 Å². The van der Waals surface area contributed by atoms with Gasteiger partial charge < -0.3 is 34.6 Å². The van der Waals surface area contributed by atoms with Crippen LogP contribution in [0.4, 0.5) is 0 Å². The summed E-state index contributed by atoms with van der Waals surface area (Å²) in [5.41, 5.74) is -1.43. The maximum Gasteiger partial charge on any atom is 1.00 e. The third kappa shape index (κ3) is 12.6.